The van der Waals surface area contributed by atoms with Crippen LogP contribution < -0.4 is 15.4 Å². The summed E-state index contributed by atoms with van der Waals surface area (Å²) in [5.41, 5.74) is -6.98. The van der Waals surface area contributed by atoms with Gasteiger partial charge >= 0.3 is 14.0 Å². The van der Waals surface area contributed by atoms with Crippen molar-refractivity contribution < 1.29 is 45.6 Å². The lowest BCUT2D eigenvalue weighted by Crippen LogP contribution is -2.60. The number of anilines is 3. The summed E-state index contributed by atoms with van der Waals surface area (Å²) in [6.45, 7) is 12.2. The van der Waals surface area contributed by atoms with E-state index in [2.05, 4.69) is 0 Å². The number of carbonyl (C=O) groups excluding carboxylic acids is 1. The number of nitrogens with zero attached hydrogens (tertiary/aromatic N) is 3. The first-order valence-electron chi connectivity index (χ1n) is 14.1. The van der Waals surface area contributed by atoms with Crippen molar-refractivity contribution in [2.75, 3.05) is 16.5 Å². The number of rotatable bonds is 5. The maximum Gasteiger partial charge on any atom is 0.471 e. The molecule has 2 N–H and O–H groups in total. The van der Waals surface area contributed by atoms with Crippen LogP contribution in [0.15, 0.2) is 47.3 Å². The summed E-state index contributed by atoms with van der Waals surface area (Å²) in [5.74, 6) is -3.19. The fraction of sp³-hybridized carbons (Fsp3) is 0.419. The largest absolute Gasteiger partial charge is 0.471 e. The van der Waals surface area contributed by atoms with Gasteiger partial charge in [0, 0.05) is 28.3 Å². The molecule has 0 spiro atoms. The molecule has 46 heavy (non-hydrogen) atoms. The van der Waals surface area contributed by atoms with Crippen LogP contribution in [0.4, 0.5) is 39.0 Å². The van der Waals surface area contributed by atoms with Crippen molar-refractivity contribution in [1.29, 1.82) is 0 Å². The van der Waals surface area contributed by atoms with E-state index in [4.69, 9.17) is 4.52 Å². The summed E-state index contributed by atoms with van der Waals surface area (Å²) in [5, 5.41) is 0. The number of amides is 1. The van der Waals surface area contributed by atoms with E-state index in [-0.39, 0.29) is 22.8 Å². The molecule has 1 aromatic heterocycles. The topological polar surface area (TPSA) is 112 Å². The summed E-state index contributed by atoms with van der Waals surface area (Å²) < 4.78 is 89.4. The van der Waals surface area contributed by atoms with E-state index in [1.807, 2.05) is 0 Å². The van der Waals surface area contributed by atoms with E-state index in [1.54, 1.807) is 41.5 Å². The SMILES string of the molecule is Cc1cc(F)ccc1N1CN(c2ccc(=O)n(C(OP(=O)(O)O)(C(C)(C)C)C(C)(C)C)c2C)C(=O)c2cc(C(F)(F)F)c(F)cc21. The van der Waals surface area contributed by atoms with Crippen molar-refractivity contribution in [3.8, 4) is 0 Å². The third kappa shape index (κ3) is 5.99. The predicted octanol–water partition coefficient (Wildman–Crippen LogP) is 7.37. The molecule has 4 rings (SSSR count). The van der Waals surface area contributed by atoms with E-state index >= 15 is 0 Å². The maximum absolute atomic E-state index is 14.9. The summed E-state index contributed by atoms with van der Waals surface area (Å²) in [6, 6.07) is 6.93. The van der Waals surface area contributed by atoms with Crippen LogP contribution in [0.1, 0.15) is 68.7 Å². The van der Waals surface area contributed by atoms with Gasteiger partial charge in [0.1, 0.15) is 18.3 Å². The molecule has 1 amide bonds. The van der Waals surface area contributed by atoms with Crippen LogP contribution >= 0.6 is 7.82 Å². The Bertz CT molecular complexity index is 1810. The van der Waals surface area contributed by atoms with Crippen LogP contribution in [0.3, 0.4) is 0 Å². The van der Waals surface area contributed by atoms with Crippen molar-refractivity contribution in [1.82, 2.24) is 4.57 Å². The molecule has 1 aliphatic heterocycles. The minimum atomic E-state index is -5.30. The Labute approximate surface area is 262 Å². The van der Waals surface area contributed by atoms with Crippen LogP contribution in [-0.4, -0.2) is 26.9 Å². The number of alkyl halides is 3. The van der Waals surface area contributed by atoms with Gasteiger partial charge in [-0.3, -0.25) is 23.6 Å². The van der Waals surface area contributed by atoms with Gasteiger partial charge in [-0.1, -0.05) is 41.5 Å². The average molecular weight is 672 g/mol. The number of halogens is 5. The molecular formula is C31H35F5N3O6P. The van der Waals surface area contributed by atoms with Crippen molar-refractivity contribution in [3.63, 3.8) is 0 Å². The number of hydrogen-bond donors (Lipinski definition) is 2. The highest BCUT2D eigenvalue weighted by atomic mass is 31.2. The van der Waals surface area contributed by atoms with E-state index in [0.29, 0.717) is 17.7 Å². The van der Waals surface area contributed by atoms with Crippen LogP contribution in [0, 0.1) is 36.3 Å². The molecule has 0 unspecified atom stereocenters. The highest BCUT2D eigenvalue weighted by Crippen LogP contribution is 2.58. The number of aromatic nitrogens is 1. The highest BCUT2D eigenvalue weighted by Gasteiger charge is 2.58. The second-order valence-electron chi connectivity index (χ2n) is 13.3. The molecule has 2 heterocycles. The predicted molar refractivity (Wildman–Crippen MR) is 162 cm³/mol. The Hall–Kier alpha value is -3.58. The number of hydrogen-bond acceptors (Lipinski definition) is 5. The van der Waals surface area contributed by atoms with E-state index in [9.17, 15) is 45.9 Å². The van der Waals surface area contributed by atoms with Gasteiger partial charge < -0.3 is 14.7 Å². The van der Waals surface area contributed by atoms with Crippen LogP contribution in [0.25, 0.3) is 0 Å². The fourth-order valence-electron chi connectivity index (χ4n) is 6.50. The second-order valence-corrected chi connectivity index (χ2v) is 14.4. The number of phosphoric acid groups is 1. The van der Waals surface area contributed by atoms with Gasteiger partial charge in [0.25, 0.3) is 11.5 Å². The standard InChI is InChI=1S/C31H35F5N3O6P/c1-17-13-19(32)9-10-23(17)37-16-38(27(41)20-14-21(30(34,35)36)22(33)15-25(20)37)24-11-12-26(40)39(18(24)2)31(28(3,4)5,29(6,7)8)45-46(42,43)44/h9-15H,16H2,1-8H3,(H2,42,43,44). The number of pyridine rings is 1. The average Bonchev–Trinajstić information content (AvgIpc) is 2.86. The molecular weight excluding hydrogens is 636 g/mol. The third-order valence-electron chi connectivity index (χ3n) is 8.09. The van der Waals surface area contributed by atoms with Gasteiger partial charge in [-0.15, -0.1) is 0 Å². The molecule has 3 aromatic rings. The molecule has 0 atom stereocenters. The van der Waals surface area contributed by atoms with Gasteiger partial charge in [-0.2, -0.15) is 13.2 Å². The minimum absolute atomic E-state index is 0.00321. The number of carbonyl (C=O) groups is 1. The molecule has 0 bridgehead atoms. The van der Waals surface area contributed by atoms with Crippen molar-refractivity contribution >= 4 is 30.8 Å². The summed E-state index contributed by atoms with van der Waals surface area (Å²) >= 11 is 0. The van der Waals surface area contributed by atoms with Gasteiger partial charge in [0.2, 0.25) is 0 Å². The molecule has 0 saturated carbocycles. The van der Waals surface area contributed by atoms with E-state index in [0.717, 1.165) is 21.6 Å². The Morgan fingerprint density at radius 2 is 1.37 bits per heavy atom. The number of phosphoric ester groups is 1. The molecule has 250 valence electrons. The zero-order valence-corrected chi connectivity index (χ0v) is 27.3. The third-order valence-corrected chi connectivity index (χ3v) is 8.59. The monoisotopic (exact) mass is 671 g/mol. The lowest BCUT2D eigenvalue weighted by atomic mass is 9.67. The molecule has 1 aliphatic rings. The van der Waals surface area contributed by atoms with Crippen LogP contribution in [0.2, 0.25) is 0 Å². The van der Waals surface area contributed by atoms with Gasteiger partial charge in [0.05, 0.1) is 22.5 Å². The fourth-order valence-corrected chi connectivity index (χ4v) is 7.47. The second kappa shape index (κ2) is 11.3. The normalized spacial score (nSPS) is 15.0. The lowest BCUT2D eigenvalue weighted by Gasteiger charge is -2.54. The Morgan fingerprint density at radius 3 is 1.87 bits per heavy atom. The highest BCUT2D eigenvalue weighted by molar-refractivity contribution is 7.46. The first-order chi connectivity index (χ1) is 20.8. The Morgan fingerprint density at radius 1 is 0.804 bits per heavy atom. The summed E-state index contributed by atoms with van der Waals surface area (Å²) in [4.78, 5) is 50.2. The number of benzene rings is 2. The van der Waals surface area contributed by atoms with Gasteiger partial charge in [-0.05, 0) is 55.8 Å². The summed E-state index contributed by atoms with van der Waals surface area (Å²) in [6.07, 6.45) is -5.14. The lowest BCUT2D eigenvalue weighted by molar-refractivity contribution is -0.194. The number of aryl methyl sites for hydroxylation is 1. The zero-order valence-electron chi connectivity index (χ0n) is 26.5. The molecule has 9 nitrogen and oxygen atoms in total. The quantitative estimate of drug-likeness (QED) is 0.215. The minimum Gasteiger partial charge on any atom is -0.322 e. The zero-order chi connectivity index (χ0) is 34.9. The van der Waals surface area contributed by atoms with E-state index in [1.165, 1.54) is 36.9 Å². The smallest absolute Gasteiger partial charge is 0.322 e. The van der Waals surface area contributed by atoms with E-state index < -0.39 is 71.5 Å². The molecule has 15 heteroatoms. The molecule has 0 fully saturated rings. The molecule has 0 radical (unpaired) electrons. The molecule has 2 aromatic carbocycles. The first kappa shape index (κ1) is 35.3. The summed E-state index contributed by atoms with van der Waals surface area (Å²) in [7, 11) is -5.30. The Balaban J connectivity index is 2.08. The molecule has 0 saturated heterocycles. The van der Waals surface area contributed by atoms with Gasteiger partial charge in [-0.25, -0.2) is 13.3 Å². The first-order valence-corrected chi connectivity index (χ1v) is 15.6. The molecule has 0 aliphatic carbocycles. The van der Waals surface area contributed by atoms with Crippen molar-refractivity contribution in [3.05, 3.63) is 86.8 Å². The Kier molecular flexibility index (Phi) is 8.66. The van der Waals surface area contributed by atoms with Crippen molar-refractivity contribution in [2.24, 2.45) is 10.8 Å². The van der Waals surface area contributed by atoms with Crippen LogP contribution in [-0.2, 0) is 21.0 Å². The van der Waals surface area contributed by atoms with Crippen molar-refractivity contribution in [2.45, 2.75) is 67.3 Å². The maximum atomic E-state index is 14.9. The van der Waals surface area contributed by atoms with Crippen LogP contribution in [0.5, 0.6) is 0 Å². The number of fused-ring (bicyclic) bond motifs is 1. The van der Waals surface area contributed by atoms with Gasteiger partial charge in [0.15, 0.2) is 5.72 Å².